The molecule has 0 saturated heterocycles. The van der Waals surface area contributed by atoms with E-state index in [0.717, 1.165) is 147 Å². The maximum absolute atomic E-state index is 11.8. The molecule has 7 aromatic heterocycles. The highest BCUT2D eigenvalue weighted by molar-refractivity contribution is 8.24. The monoisotopic (exact) mass is 1530 g/mol. The number of benzene rings is 2. The van der Waals surface area contributed by atoms with Gasteiger partial charge in [0.2, 0.25) is 0 Å². The number of hydrogen-bond acceptors (Lipinski definition) is 22. The molecule has 0 amide bonds. The van der Waals surface area contributed by atoms with E-state index in [0.29, 0.717) is 23.2 Å². The van der Waals surface area contributed by atoms with Gasteiger partial charge < -0.3 is 30.4 Å². The first kappa shape index (κ1) is 83.8. The van der Waals surface area contributed by atoms with Crippen LogP contribution in [0.1, 0.15) is 187 Å². The number of nitrogens with two attached hydrogens (primary N) is 1. The zero-order valence-electron chi connectivity index (χ0n) is 58.4. The fraction of sp³-hybridized carbons (Fsp3) is 0.458. The molecule has 100 heavy (non-hydrogen) atoms. The number of nitriles is 2. The van der Waals surface area contributed by atoms with E-state index in [9.17, 15) is 18.9 Å². The van der Waals surface area contributed by atoms with Crippen LogP contribution in [0.4, 0.5) is 22.2 Å². The second-order valence-corrected chi connectivity index (χ2v) is 34.8. The lowest BCUT2D eigenvalue weighted by Crippen LogP contribution is -2.13. The molecule has 5 aliphatic rings. The summed E-state index contributed by atoms with van der Waals surface area (Å²) in [5.41, 5.74) is 14.2. The number of nitrogen functional groups attached to an aromatic ring is 1. The molecule has 536 valence electrons. The number of aryl methyl sites for hydroxylation is 10. The molecule has 28 heteroatoms. The van der Waals surface area contributed by atoms with E-state index in [1.165, 1.54) is 125 Å². The number of thiophene rings is 4. The summed E-state index contributed by atoms with van der Waals surface area (Å²) >= 11 is 27.0. The van der Waals surface area contributed by atoms with Crippen molar-refractivity contribution in [3.05, 3.63) is 129 Å². The molecule has 2 aromatic carbocycles. The van der Waals surface area contributed by atoms with Crippen LogP contribution in [0.15, 0.2) is 53.3 Å². The van der Waals surface area contributed by atoms with Crippen LogP contribution in [-0.4, -0.2) is 75.9 Å². The number of methoxy groups -OCH3 is 2. The number of carbonyl (C=O) groups excluding carboxylic acids is 4. The van der Waals surface area contributed by atoms with E-state index in [1.54, 1.807) is 61.2 Å². The highest BCUT2D eigenvalue weighted by Gasteiger charge is 2.25. The van der Waals surface area contributed by atoms with Gasteiger partial charge in [-0.05, 0) is 254 Å². The highest BCUT2D eigenvalue weighted by Crippen LogP contribution is 2.61. The summed E-state index contributed by atoms with van der Waals surface area (Å²) in [4.78, 5) is 86.3. The second-order valence-electron chi connectivity index (χ2n) is 23.4. The van der Waals surface area contributed by atoms with Gasteiger partial charge in [-0.2, -0.15) is 20.1 Å². The zero-order chi connectivity index (χ0) is 73.5. The van der Waals surface area contributed by atoms with Crippen molar-refractivity contribution in [3.8, 4) is 23.6 Å². The Morgan fingerprint density at radius 2 is 1.04 bits per heavy atom. The number of carbonyl (C=O) groups is 2. The molecule has 1 saturated carbocycles. The summed E-state index contributed by atoms with van der Waals surface area (Å²) in [5, 5.41) is 19.5. The third-order valence-corrected chi connectivity index (χ3v) is 21.2. The van der Waals surface area contributed by atoms with Crippen molar-refractivity contribution in [2.45, 2.75) is 189 Å². The average Bonchev–Trinajstić information content (AvgIpc) is 1.62. The standard InChI is InChI=1S/C19H21N3OS.C11H11ClN2S.C11H12N2OS.C10H13NOS.C8H11NO.C6H10O.C4H7N.C2H3N.CO2.Cl3OP/c1-12-20-18(22(2)13-8-10-14(23-3)11-9-13)17-15-6-4-5-7-16(15)24-19(17)21-12;1-6-13-10(12)9-7-4-2-3-5-8(7)15-11(9)14-6;1-6-12-10(14)9-7-4-2-3-5-8(7)15-11(9)13-6;1-6(12)9-7-4-2-3-5-8(7)13-10(9)11;1-9-7-3-5-8(10-2)6-4-7;7-6-4-2-1-3-5-6;1-2-3-4-5;1-2-3;2-1-3;1-5(2,3)4/h8-11H,4-7H2,1-3H3;2-5H2,1H3;2-5H2,1H3,(H,12,13,14);2-5,11H2,1H3;3-6,9H,1-2H3;1-5H2;2-3H2,1H3;1H3;;. The molecule has 0 bridgehead atoms. The molecule has 5 aliphatic carbocycles. The number of H-pyrrole nitrogens is 1. The van der Waals surface area contributed by atoms with Gasteiger partial charge in [0.15, 0.2) is 5.78 Å². The summed E-state index contributed by atoms with van der Waals surface area (Å²) in [5.74, 6) is 5.67. The average molecular weight is 1540 g/mol. The van der Waals surface area contributed by atoms with Crippen molar-refractivity contribution in [2.24, 2.45) is 0 Å². The number of ether oxygens (including phenoxy) is 2. The summed E-state index contributed by atoms with van der Waals surface area (Å²) in [6.07, 6.45) is 26.1. The number of hydrogen-bond donors (Lipinski definition) is 3. The SMILES string of the molecule is CC#N.CC(=O)c1c(N)sc2c1CCCC2.CCCC#N.CNc1ccc(OC)cc1.COc1ccc(N(C)c2nc(C)nc3sc4c(c23)CCCC4)cc1.Cc1nc(Cl)c2c3c(sc2n1)CCCC3.Cc1nc2sc3c(c2c(=O)[nH]1)CCCC3.O=C1CCCCC1.O=C=O.O=P(Cl)(Cl)Cl. The Bertz CT molecular complexity index is 4340. The number of halogens is 4. The maximum Gasteiger partial charge on any atom is 0.373 e. The predicted molar refractivity (Wildman–Crippen MR) is 413 cm³/mol. The fourth-order valence-electron chi connectivity index (χ4n) is 11.7. The fourth-order valence-corrected chi connectivity index (χ4v) is 17.2. The summed E-state index contributed by atoms with van der Waals surface area (Å²) in [6, 6.07) is 19.7. The molecule has 0 unspecified atom stereocenters. The number of ketones is 2. The Morgan fingerprint density at radius 1 is 0.640 bits per heavy atom. The minimum Gasteiger partial charge on any atom is -0.497 e. The molecule has 0 spiro atoms. The van der Waals surface area contributed by atoms with Crippen LogP contribution < -0.4 is 31.0 Å². The Balaban J connectivity index is 0.000000213. The Labute approximate surface area is 621 Å². The topological polar surface area (TPSA) is 290 Å². The van der Waals surface area contributed by atoms with Crippen LogP contribution in [0.25, 0.3) is 30.6 Å². The lowest BCUT2D eigenvalue weighted by molar-refractivity contribution is -0.191. The van der Waals surface area contributed by atoms with Crippen LogP contribution in [0.2, 0.25) is 5.15 Å². The van der Waals surface area contributed by atoms with Gasteiger partial charge in [0.25, 0.3) is 5.56 Å². The zero-order valence-corrected chi connectivity index (χ0v) is 65.6. The molecule has 19 nitrogen and oxygen atoms in total. The number of aromatic nitrogens is 6. The Morgan fingerprint density at radius 3 is 1.46 bits per heavy atom. The maximum atomic E-state index is 11.8. The van der Waals surface area contributed by atoms with Gasteiger partial charge >= 0.3 is 11.4 Å². The van der Waals surface area contributed by atoms with Crippen LogP contribution in [0.3, 0.4) is 0 Å². The van der Waals surface area contributed by atoms with Gasteiger partial charge in [-0.15, -0.1) is 45.3 Å². The number of rotatable bonds is 7. The third-order valence-electron chi connectivity index (χ3n) is 16.2. The van der Waals surface area contributed by atoms with E-state index in [4.69, 9.17) is 56.9 Å². The molecule has 0 radical (unpaired) electrons. The lowest BCUT2D eigenvalue weighted by atomic mass is 9.94. The molecule has 1 fully saturated rings. The smallest absolute Gasteiger partial charge is 0.373 e. The Kier molecular flexibility index (Phi) is 36.2. The lowest BCUT2D eigenvalue weighted by Gasteiger charge is -2.21. The largest absolute Gasteiger partial charge is 0.497 e. The summed E-state index contributed by atoms with van der Waals surface area (Å²) in [7, 11) is 7.32. The number of anilines is 4. The first-order valence-electron chi connectivity index (χ1n) is 33.1. The van der Waals surface area contributed by atoms with E-state index in [-0.39, 0.29) is 17.5 Å². The number of fused-ring (bicyclic) bond motifs is 10. The number of nitrogens with zero attached hydrogens (tertiary/aromatic N) is 8. The van der Waals surface area contributed by atoms with Crippen molar-refractivity contribution in [2.75, 3.05) is 44.3 Å². The first-order valence-corrected chi connectivity index (χ1v) is 41.2. The summed E-state index contributed by atoms with van der Waals surface area (Å²) < 4.78 is 19.8. The van der Waals surface area contributed by atoms with E-state index < -0.39 is 5.20 Å². The summed E-state index contributed by atoms with van der Waals surface area (Å²) in [6.45, 7) is 10.7. The molecule has 9 aromatic rings. The van der Waals surface area contributed by atoms with Crippen molar-refractivity contribution in [3.63, 3.8) is 0 Å². The van der Waals surface area contributed by atoms with Gasteiger partial charge in [-0.3, -0.25) is 18.9 Å². The Hall–Kier alpha value is -6.85. The van der Waals surface area contributed by atoms with Crippen LogP contribution >= 0.6 is 95.9 Å². The van der Waals surface area contributed by atoms with Gasteiger partial charge in [0.05, 0.1) is 53.1 Å². The number of unbranched alkanes of at least 4 members (excludes halogenated alkanes) is 1. The number of Topliss-reactive ketones (excluding diaryl/α,β-unsaturated/α-hetero) is 2. The minimum absolute atomic E-state index is 0.0388. The first-order chi connectivity index (χ1) is 47.9. The van der Waals surface area contributed by atoms with Crippen molar-refractivity contribution >= 4 is 166 Å². The third kappa shape index (κ3) is 25.9. The molecule has 4 N–H and O–H groups in total. The second kappa shape index (κ2) is 43.2. The quantitative estimate of drug-likeness (QED) is 0.0759. The van der Waals surface area contributed by atoms with Crippen molar-refractivity contribution < 1.29 is 33.2 Å². The molecule has 7 heterocycles. The molecule has 0 aliphatic heterocycles. The number of nitrogens with one attached hydrogen (secondary N) is 2. The van der Waals surface area contributed by atoms with E-state index >= 15 is 0 Å². The molecule has 0 atom stereocenters. The highest BCUT2D eigenvalue weighted by atomic mass is 36.0. The molecular weight excluding hydrogens is 1450 g/mol. The number of aromatic amines is 1. The van der Waals surface area contributed by atoms with Gasteiger partial charge in [0.1, 0.15) is 60.2 Å². The van der Waals surface area contributed by atoms with Gasteiger partial charge in [0, 0.05) is 71.2 Å². The van der Waals surface area contributed by atoms with Crippen LogP contribution in [0.5, 0.6) is 11.5 Å². The van der Waals surface area contributed by atoms with Crippen LogP contribution in [0, 0.1) is 43.4 Å². The molecule has 14 rings (SSSR count). The molecular formula is C72H88Cl4N11O8PS4. The van der Waals surface area contributed by atoms with Crippen molar-refractivity contribution in [1.29, 1.82) is 10.5 Å². The van der Waals surface area contributed by atoms with Gasteiger partial charge in [-0.1, -0.05) is 24.9 Å². The minimum atomic E-state index is -3.22. The van der Waals surface area contributed by atoms with Crippen LogP contribution in [-0.2, 0) is 70.3 Å². The van der Waals surface area contributed by atoms with E-state index in [2.05, 4.69) is 83.1 Å². The normalized spacial score (nSPS) is 13.5. The van der Waals surface area contributed by atoms with Gasteiger partial charge in [-0.25, -0.2) is 24.9 Å². The predicted octanol–water partition coefficient (Wildman–Crippen LogP) is 20.1. The van der Waals surface area contributed by atoms with Crippen molar-refractivity contribution in [1.82, 2.24) is 29.9 Å². The van der Waals surface area contributed by atoms with E-state index in [1.807, 2.05) is 88.5 Å².